The van der Waals surface area contributed by atoms with Crippen LogP contribution < -0.4 is 0 Å². The molecule has 0 saturated carbocycles. The second kappa shape index (κ2) is 2.41. The predicted molar refractivity (Wildman–Crippen MR) is 24.5 cm³/mol. The Morgan fingerprint density at radius 1 is 1.80 bits per heavy atom. The Balaban J connectivity index is 2.85. The van der Waals surface area contributed by atoms with Crippen LogP contribution in [0.15, 0.2) is 0 Å². The van der Waals surface area contributed by atoms with Gasteiger partial charge in [-0.1, -0.05) is 12.6 Å². The molecule has 0 bridgehead atoms. The quantitative estimate of drug-likeness (QED) is 0.358. The second-order valence-corrected chi connectivity index (χ2v) is 0.905. The van der Waals surface area contributed by atoms with Gasteiger partial charge in [0.05, 0.1) is 0 Å². The molecular formula is CH2O2S2. The third-order valence-corrected chi connectivity index (χ3v) is 0.479. The lowest BCUT2D eigenvalue weighted by molar-refractivity contribution is 0.235. The van der Waals surface area contributed by atoms with Crippen molar-refractivity contribution in [2.75, 3.05) is 0 Å². The van der Waals surface area contributed by atoms with Gasteiger partial charge < -0.3 is 4.18 Å². The second-order valence-electron chi connectivity index (χ2n) is 0.357. The molecule has 0 rings (SSSR count). The van der Waals surface area contributed by atoms with E-state index in [4.69, 9.17) is 0 Å². The maximum Gasteiger partial charge on any atom is 0.376 e. The van der Waals surface area contributed by atoms with Crippen LogP contribution in [-0.2, 0) is 4.18 Å². The maximum absolute atomic E-state index is 9.38. The molecule has 0 amide bonds. The van der Waals surface area contributed by atoms with Gasteiger partial charge in [-0.25, -0.2) is 4.79 Å². The zero-order valence-electron chi connectivity index (χ0n) is 2.21. The first kappa shape index (κ1) is 5.17. The summed E-state index contributed by atoms with van der Waals surface area (Å²) in [6.07, 6.45) is 0. The van der Waals surface area contributed by atoms with E-state index in [1.807, 2.05) is 0 Å². The highest BCUT2D eigenvalue weighted by atomic mass is 32.1. The molecule has 2 nitrogen and oxygen atoms in total. The van der Waals surface area contributed by atoms with E-state index in [1.165, 1.54) is 0 Å². The van der Waals surface area contributed by atoms with Gasteiger partial charge >= 0.3 is 5.30 Å². The minimum absolute atomic E-state index is 0.687. The summed E-state index contributed by atoms with van der Waals surface area (Å²) >= 11 is 6.25. The molecule has 0 aliphatic carbocycles. The standard InChI is InChI=1S/CH2O2S2/c2-1(4)3-5/h5H,(H,2,4). The zero-order chi connectivity index (χ0) is 4.28. The van der Waals surface area contributed by atoms with Gasteiger partial charge in [0.2, 0.25) is 0 Å². The monoisotopic (exact) mass is 110 g/mol. The topological polar surface area (TPSA) is 26.3 Å². The van der Waals surface area contributed by atoms with Gasteiger partial charge in [0.25, 0.3) is 0 Å². The van der Waals surface area contributed by atoms with E-state index in [1.54, 1.807) is 0 Å². The van der Waals surface area contributed by atoms with E-state index in [2.05, 4.69) is 29.7 Å². The van der Waals surface area contributed by atoms with Crippen molar-refractivity contribution >= 4 is 30.8 Å². The van der Waals surface area contributed by atoms with Gasteiger partial charge in [-0.15, -0.1) is 0 Å². The van der Waals surface area contributed by atoms with Crippen LogP contribution in [0.4, 0.5) is 4.79 Å². The van der Waals surface area contributed by atoms with Crippen molar-refractivity contribution in [3.63, 3.8) is 0 Å². The number of thiol groups is 2. The van der Waals surface area contributed by atoms with Crippen LogP contribution in [-0.4, -0.2) is 5.30 Å². The van der Waals surface area contributed by atoms with Crippen molar-refractivity contribution < 1.29 is 8.98 Å². The normalized spacial score (nSPS) is 6.80. The summed E-state index contributed by atoms with van der Waals surface area (Å²) < 4.78 is 3.67. The van der Waals surface area contributed by atoms with Gasteiger partial charge in [-0.3, -0.25) is 0 Å². The lowest BCUT2D eigenvalue weighted by Gasteiger charge is -1.76. The molecule has 0 aliphatic heterocycles. The number of rotatable bonds is 0. The third-order valence-electron chi connectivity index (χ3n) is 0.0781. The summed E-state index contributed by atoms with van der Waals surface area (Å²) in [5, 5.41) is -0.687. The first-order chi connectivity index (χ1) is 2.27. The van der Waals surface area contributed by atoms with Crippen molar-refractivity contribution in [2.45, 2.75) is 0 Å². The first-order valence-corrected chi connectivity index (χ1v) is 1.63. The van der Waals surface area contributed by atoms with E-state index in [0.29, 0.717) is 0 Å². The average Bonchev–Trinajstić information content (AvgIpc) is 1.38. The lowest BCUT2D eigenvalue weighted by Crippen LogP contribution is -1.73. The SMILES string of the molecule is O=C(S)OS. The van der Waals surface area contributed by atoms with Crippen molar-refractivity contribution in [3.8, 4) is 0 Å². The van der Waals surface area contributed by atoms with Crippen LogP contribution >= 0.6 is 25.5 Å². The van der Waals surface area contributed by atoms with E-state index in [0.717, 1.165) is 0 Å². The third kappa shape index (κ3) is 4.17. The Hall–Kier alpha value is 0.170. The van der Waals surface area contributed by atoms with Gasteiger partial charge in [-0.2, -0.15) is 0 Å². The summed E-state index contributed by atoms with van der Waals surface area (Å²) in [6.45, 7) is 0. The molecule has 0 N–H and O–H groups in total. The lowest BCUT2D eigenvalue weighted by atomic mass is 11.6. The summed E-state index contributed by atoms with van der Waals surface area (Å²) in [5.41, 5.74) is 0. The summed E-state index contributed by atoms with van der Waals surface area (Å²) in [5.74, 6) is 0. The molecule has 0 atom stereocenters. The average molecular weight is 110 g/mol. The molecule has 0 aromatic rings. The smallest absolute Gasteiger partial charge is 0.376 e. The van der Waals surface area contributed by atoms with Crippen LogP contribution in [0, 0.1) is 0 Å². The fourth-order valence-electron chi connectivity index (χ4n) is 0. The Labute approximate surface area is 40.5 Å². The fraction of sp³-hybridized carbons (Fsp3) is 0. The molecular weight excluding hydrogens is 108 g/mol. The number of carbonyl (C=O) groups excluding carboxylic acids is 1. The Kier molecular flexibility index (Phi) is 2.49. The maximum atomic E-state index is 9.38. The van der Waals surface area contributed by atoms with Gasteiger partial charge in [0.1, 0.15) is 0 Å². The molecule has 30 valence electrons. The van der Waals surface area contributed by atoms with Gasteiger partial charge in [0, 0.05) is 12.9 Å². The molecule has 4 heteroatoms. The summed E-state index contributed by atoms with van der Waals surface area (Å²) in [7, 11) is 0. The van der Waals surface area contributed by atoms with E-state index in [9.17, 15) is 4.79 Å². The summed E-state index contributed by atoms with van der Waals surface area (Å²) in [4.78, 5) is 9.38. The fourth-order valence-corrected chi connectivity index (χ4v) is 0. The predicted octanol–water partition coefficient (Wildman–Crippen LogP) is 0.898. The van der Waals surface area contributed by atoms with Crippen molar-refractivity contribution in [3.05, 3.63) is 0 Å². The molecule has 0 aliphatic rings. The minimum Gasteiger partial charge on any atom is -0.387 e. The number of carbonyl (C=O) groups is 1. The molecule has 0 aromatic heterocycles. The molecule has 0 saturated heterocycles. The zero-order valence-corrected chi connectivity index (χ0v) is 4.00. The van der Waals surface area contributed by atoms with Crippen LogP contribution in [0.1, 0.15) is 0 Å². The molecule has 5 heavy (non-hydrogen) atoms. The molecule has 0 unspecified atom stereocenters. The van der Waals surface area contributed by atoms with Crippen LogP contribution in [0.5, 0.6) is 0 Å². The van der Waals surface area contributed by atoms with E-state index in [-0.39, 0.29) is 0 Å². The minimum atomic E-state index is -0.687. The molecule has 0 aromatic carbocycles. The Morgan fingerprint density at radius 2 is 2.00 bits per heavy atom. The highest BCUT2D eigenvalue weighted by molar-refractivity contribution is 7.97. The number of hydrogen-bond acceptors (Lipinski definition) is 3. The first-order valence-electron chi connectivity index (χ1n) is 0.814. The van der Waals surface area contributed by atoms with Crippen LogP contribution in [0.3, 0.4) is 0 Å². The van der Waals surface area contributed by atoms with Crippen LogP contribution in [0.25, 0.3) is 0 Å². The molecule has 0 radical (unpaired) electrons. The summed E-state index contributed by atoms with van der Waals surface area (Å²) in [6, 6.07) is 0. The van der Waals surface area contributed by atoms with Gasteiger partial charge in [0.15, 0.2) is 0 Å². The van der Waals surface area contributed by atoms with Crippen molar-refractivity contribution in [1.82, 2.24) is 0 Å². The Morgan fingerprint density at radius 3 is 2.00 bits per heavy atom. The number of hydrogen-bond donors (Lipinski definition) is 2. The van der Waals surface area contributed by atoms with Crippen molar-refractivity contribution in [1.29, 1.82) is 0 Å². The van der Waals surface area contributed by atoms with Gasteiger partial charge in [-0.05, 0) is 0 Å². The van der Waals surface area contributed by atoms with E-state index >= 15 is 0 Å². The van der Waals surface area contributed by atoms with E-state index < -0.39 is 5.30 Å². The van der Waals surface area contributed by atoms with Crippen LogP contribution in [0.2, 0.25) is 0 Å². The molecule has 0 heterocycles. The highest BCUT2D eigenvalue weighted by Gasteiger charge is 1.79. The molecule has 0 fully saturated rings. The molecule has 0 spiro atoms. The largest absolute Gasteiger partial charge is 0.387 e. The van der Waals surface area contributed by atoms with Crippen molar-refractivity contribution in [2.24, 2.45) is 0 Å². The highest BCUT2D eigenvalue weighted by Crippen LogP contribution is 1.85. The Bertz CT molecular complexity index is 42.9.